The first kappa shape index (κ1) is 11.8. The molecule has 0 fully saturated rings. The highest BCUT2D eigenvalue weighted by Gasteiger charge is 2.18. The van der Waals surface area contributed by atoms with E-state index in [0.717, 1.165) is 4.88 Å². The molecule has 0 aliphatic rings. The lowest BCUT2D eigenvalue weighted by Crippen LogP contribution is -2.39. The predicted octanol–water partition coefficient (Wildman–Crippen LogP) is 1.28. The van der Waals surface area contributed by atoms with E-state index in [0.29, 0.717) is 6.42 Å². The van der Waals surface area contributed by atoms with Crippen LogP contribution in [0.1, 0.15) is 24.3 Å². The molecular weight excluding hydrogens is 208 g/mol. The van der Waals surface area contributed by atoms with Crippen molar-refractivity contribution in [2.45, 2.75) is 25.4 Å². The Hall–Kier alpha value is -1.31. The van der Waals surface area contributed by atoms with Crippen LogP contribution in [0, 0.1) is 12.3 Å². The quantitative estimate of drug-likeness (QED) is 0.754. The van der Waals surface area contributed by atoms with E-state index in [-0.39, 0.29) is 11.9 Å². The zero-order valence-corrected chi connectivity index (χ0v) is 9.38. The first-order valence-electron chi connectivity index (χ1n) is 4.74. The monoisotopic (exact) mass is 222 g/mol. The second-order valence-electron chi connectivity index (χ2n) is 3.13. The summed E-state index contributed by atoms with van der Waals surface area (Å²) in [5.41, 5.74) is 5.77. The van der Waals surface area contributed by atoms with Gasteiger partial charge in [0.2, 0.25) is 5.91 Å². The highest BCUT2D eigenvalue weighted by atomic mass is 32.1. The maximum atomic E-state index is 11.6. The maximum absolute atomic E-state index is 11.6. The minimum Gasteiger partial charge on any atom is -0.341 e. The number of carbonyl (C=O) groups excluding carboxylic acids is 1. The van der Waals surface area contributed by atoms with Crippen molar-refractivity contribution in [3.8, 4) is 12.3 Å². The molecule has 0 saturated heterocycles. The van der Waals surface area contributed by atoms with Crippen LogP contribution in [0.2, 0.25) is 0 Å². The van der Waals surface area contributed by atoms with Gasteiger partial charge in [-0.25, -0.2) is 0 Å². The molecule has 0 aliphatic heterocycles. The summed E-state index contributed by atoms with van der Waals surface area (Å²) in [7, 11) is 0. The number of carbonyl (C=O) groups is 1. The lowest BCUT2D eigenvalue weighted by molar-refractivity contribution is -0.122. The fourth-order valence-electron chi connectivity index (χ4n) is 1.12. The van der Waals surface area contributed by atoms with Crippen LogP contribution in [0.3, 0.4) is 0 Å². The van der Waals surface area contributed by atoms with E-state index >= 15 is 0 Å². The molecule has 2 unspecified atom stereocenters. The summed E-state index contributed by atoms with van der Waals surface area (Å²) in [6, 6.07) is 2.85. The van der Waals surface area contributed by atoms with Crippen LogP contribution in [0.5, 0.6) is 0 Å². The molecule has 0 aliphatic carbocycles. The van der Waals surface area contributed by atoms with E-state index in [1.807, 2.05) is 24.4 Å². The van der Waals surface area contributed by atoms with E-state index in [9.17, 15) is 4.79 Å². The third-order valence-electron chi connectivity index (χ3n) is 2.06. The molecule has 3 nitrogen and oxygen atoms in total. The first-order chi connectivity index (χ1) is 7.19. The Morgan fingerprint density at radius 2 is 2.53 bits per heavy atom. The molecule has 0 spiro atoms. The van der Waals surface area contributed by atoms with E-state index < -0.39 is 6.04 Å². The van der Waals surface area contributed by atoms with Gasteiger partial charge in [0.05, 0.1) is 6.04 Å². The maximum Gasteiger partial charge on any atom is 0.243 e. The lowest BCUT2D eigenvalue weighted by atomic mass is 10.2. The Morgan fingerprint density at radius 1 is 1.80 bits per heavy atom. The van der Waals surface area contributed by atoms with Gasteiger partial charge in [-0.05, 0) is 17.9 Å². The third kappa shape index (κ3) is 3.08. The Labute approximate surface area is 93.7 Å². The molecule has 0 saturated carbocycles. The van der Waals surface area contributed by atoms with Crippen molar-refractivity contribution in [2.24, 2.45) is 5.73 Å². The van der Waals surface area contributed by atoms with Crippen LogP contribution in [0.15, 0.2) is 17.5 Å². The van der Waals surface area contributed by atoms with Crippen LogP contribution >= 0.6 is 11.3 Å². The summed E-state index contributed by atoms with van der Waals surface area (Å²) in [4.78, 5) is 12.5. The van der Waals surface area contributed by atoms with Gasteiger partial charge in [0.1, 0.15) is 6.04 Å². The molecule has 4 heteroatoms. The van der Waals surface area contributed by atoms with Gasteiger partial charge in [-0.15, -0.1) is 17.8 Å². The third-order valence-corrected chi connectivity index (χ3v) is 3.01. The Kier molecular flexibility index (Phi) is 4.35. The van der Waals surface area contributed by atoms with Crippen molar-refractivity contribution in [1.82, 2.24) is 5.32 Å². The fourth-order valence-corrected chi connectivity index (χ4v) is 1.85. The average molecular weight is 222 g/mol. The topological polar surface area (TPSA) is 55.1 Å². The number of nitrogens with two attached hydrogens (primary N) is 1. The molecule has 0 radical (unpaired) electrons. The molecule has 15 heavy (non-hydrogen) atoms. The van der Waals surface area contributed by atoms with Gasteiger partial charge in [0, 0.05) is 4.88 Å². The number of hydrogen-bond acceptors (Lipinski definition) is 3. The van der Waals surface area contributed by atoms with Crippen molar-refractivity contribution in [1.29, 1.82) is 0 Å². The van der Waals surface area contributed by atoms with Crippen molar-refractivity contribution in [2.75, 3.05) is 0 Å². The summed E-state index contributed by atoms with van der Waals surface area (Å²) in [5, 5.41) is 4.60. The molecule has 2 atom stereocenters. The Balaban J connectivity index is 2.58. The standard InChI is InChI=1S/C11H14N2OS/c1-3-8(4-2)13-11(14)10(12)9-6-5-7-15-9/h1,5-8,10H,4,12H2,2H3,(H,13,14). The van der Waals surface area contributed by atoms with Gasteiger partial charge in [-0.1, -0.05) is 18.9 Å². The second-order valence-corrected chi connectivity index (χ2v) is 4.11. The summed E-state index contributed by atoms with van der Waals surface area (Å²) in [5.74, 6) is 2.28. The summed E-state index contributed by atoms with van der Waals surface area (Å²) in [6.45, 7) is 1.92. The number of hydrogen-bond donors (Lipinski definition) is 2. The molecule has 1 heterocycles. The van der Waals surface area contributed by atoms with Crippen LogP contribution < -0.4 is 11.1 Å². The minimum absolute atomic E-state index is 0.220. The highest BCUT2D eigenvalue weighted by Crippen LogP contribution is 2.16. The molecule has 0 aromatic carbocycles. The van der Waals surface area contributed by atoms with Gasteiger partial charge in [-0.3, -0.25) is 4.79 Å². The smallest absolute Gasteiger partial charge is 0.243 e. The first-order valence-corrected chi connectivity index (χ1v) is 5.62. The summed E-state index contributed by atoms with van der Waals surface area (Å²) in [6.07, 6.45) is 5.96. The number of nitrogens with one attached hydrogen (secondary N) is 1. The molecule has 1 aromatic rings. The zero-order chi connectivity index (χ0) is 11.3. The molecule has 1 rings (SSSR count). The lowest BCUT2D eigenvalue weighted by Gasteiger charge is -2.14. The van der Waals surface area contributed by atoms with Crippen molar-refractivity contribution < 1.29 is 4.79 Å². The fraction of sp³-hybridized carbons (Fsp3) is 0.364. The van der Waals surface area contributed by atoms with Gasteiger partial charge >= 0.3 is 0 Å². The van der Waals surface area contributed by atoms with Crippen LogP contribution in [0.25, 0.3) is 0 Å². The summed E-state index contributed by atoms with van der Waals surface area (Å²) >= 11 is 1.46. The predicted molar refractivity (Wildman–Crippen MR) is 62.3 cm³/mol. The SMILES string of the molecule is C#CC(CC)NC(=O)C(N)c1cccs1. The molecule has 80 valence electrons. The Morgan fingerprint density at radius 3 is 3.00 bits per heavy atom. The van der Waals surface area contributed by atoms with Crippen molar-refractivity contribution in [3.05, 3.63) is 22.4 Å². The molecular formula is C11H14N2OS. The molecule has 1 amide bonds. The van der Waals surface area contributed by atoms with Gasteiger partial charge in [-0.2, -0.15) is 0 Å². The highest BCUT2D eigenvalue weighted by molar-refractivity contribution is 7.10. The molecule has 1 aromatic heterocycles. The number of terminal acetylenes is 1. The minimum atomic E-state index is -0.618. The summed E-state index contributed by atoms with van der Waals surface area (Å²) < 4.78 is 0. The number of thiophene rings is 1. The van der Waals surface area contributed by atoms with Crippen molar-refractivity contribution in [3.63, 3.8) is 0 Å². The van der Waals surface area contributed by atoms with Crippen LogP contribution in [0.4, 0.5) is 0 Å². The molecule has 3 N–H and O–H groups in total. The normalized spacial score (nSPS) is 13.9. The van der Waals surface area contributed by atoms with Gasteiger partial charge in [0.25, 0.3) is 0 Å². The largest absolute Gasteiger partial charge is 0.341 e. The zero-order valence-electron chi connectivity index (χ0n) is 8.57. The van der Waals surface area contributed by atoms with E-state index in [1.54, 1.807) is 0 Å². The van der Waals surface area contributed by atoms with Gasteiger partial charge in [0.15, 0.2) is 0 Å². The van der Waals surface area contributed by atoms with E-state index in [2.05, 4.69) is 11.2 Å². The van der Waals surface area contributed by atoms with Crippen molar-refractivity contribution >= 4 is 17.2 Å². The average Bonchev–Trinajstić information content (AvgIpc) is 2.77. The van der Waals surface area contributed by atoms with E-state index in [1.165, 1.54) is 11.3 Å². The van der Waals surface area contributed by atoms with Crippen LogP contribution in [-0.2, 0) is 4.79 Å². The number of rotatable bonds is 4. The van der Waals surface area contributed by atoms with E-state index in [4.69, 9.17) is 12.2 Å². The Bertz CT molecular complexity index is 353. The van der Waals surface area contributed by atoms with Crippen LogP contribution in [-0.4, -0.2) is 11.9 Å². The van der Waals surface area contributed by atoms with Gasteiger partial charge < -0.3 is 11.1 Å². The molecule has 0 bridgehead atoms. The number of amides is 1. The second kappa shape index (κ2) is 5.54.